The van der Waals surface area contributed by atoms with Crippen LogP contribution in [0.3, 0.4) is 0 Å². The van der Waals surface area contributed by atoms with Gasteiger partial charge in [-0.25, -0.2) is 0 Å². The Labute approximate surface area is 135 Å². The van der Waals surface area contributed by atoms with Crippen LogP contribution in [0.4, 0.5) is 5.69 Å². The van der Waals surface area contributed by atoms with Crippen molar-refractivity contribution in [3.63, 3.8) is 0 Å². The Kier molecular flexibility index (Phi) is 4.11. The number of phenolic OH excluding ortho intramolecular Hbond substituents is 1. The molecule has 6 heteroatoms. The van der Waals surface area contributed by atoms with Gasteiger partial charge in [-0.05, 0) is 24.3 Å². The Morgan fingerprint density at radius 3 is 2.86 bits per heavy atom. The standard InChI is InChI=1S/C16H13BrN2O3/c17-11-4-1-3-10(7-11)14-9-15(22-19-14)16(21)18-12-5-2-6-13(20)8-12/h1-8,15,20H,9H2,(H,18,21)/t15-/m1/s1. The molecular formula is C16H13BrN2O3. The van der Waals surface area contributed by atoms with Gasteiger partial charge in [0.2, 0.25) is 6.10 Å². The van der Waals surface area contributed by atoms with E-state index in [1.165, 1.54) is 12.1 Å². The molecule has 1 aliphatic heterocycles. The minimum Gasteiger partial charge on any atom is -0.508 e. The first-order valence-electron chi connectivity index (χ1n) is 6.70. The van der Waals surface area contributed by atoms with Gasteiger partial charge in [-0.2, -0.15) is 0 Å². The number of phenols is 1. The van der Waals surface area contributed by atoms with Crippen LogP contribution in [0.2, 0.25) is 0 Å². The summed E-state index contributed by atoms with van der Waals surface area (Å²) in [6.45, 7) is 0. The van der Waals surface area contributed by atoms with Gasteiger partial charge >= 0.3 is 0 Å². The van der Waals surface area contributed by atoms with Crippen molar-refractivity contribution in [1.29, 1.82) is 0 Å². The fraction of sp³-hybridized carbons (Fsp3) is 0.125. The van der Waals surface area contributed by atoms with E-state index in [1.807, 2.05) is 24.3 Å². The number of amides is 1. The number of hydrogen-bond donors (Lipinski definition) is 2. The molecular weight excluding hydrogens is 348 g/mol. The number of rotatable bonds is 3. The second-order valence-corrected chi connectivity index (χ2v) is 5.80. The molecule has 22 heavy (non-hydrogen) atoms. The van der Waals surface area contributed by atoms with Crippen LogP contribution in [0, 0.1) is 0 Å². The zero-order valence-corrected chi connectivity index (χ0v) is 13.1. The van der Waals surface area contributed by atoms with Gasteiger partial charge in [0, 0.05) is 28.2 Å². The number of nitrogens with zero attached hydrogens (tertiary/aromatic N) is 1. The Balaban J connectivity index is 1.65. The quantitative estimate of drug-likeness (QED) is 0.882. The predicted molar refractivity (Wildman–Crippen MR) is 86.9 cm³/mol. The van der Waals surface area contributed by atoms with Crippen molar-refractivity contribution in [3.8, 4) is 5.75 Å². The maximum absolute atomic E-state index is 12.2. The summed E-state index contributed by atoms with van der Waals surface area (Å²) in [5.74, 6) is -0.199. The molecule has 112 valence electrons. The van der Waals surface area contributed by atoms with Crippen LogP contribution in [0.25, 0.3) is 0 Å². The van der Waals surface area contributed by atoms with Gasteiger partial charge < -0.3 is 15.3 Å². The highest BCUT2D eigenvalue weighted by atomic mass is 79.9. The summed E-state index contributed by atoms with van der Waals surface area (Å²) in [6, 6.07) is 14.0. The van der Waals surface area contributed by atoms with Crippen LogP contribution in [0.15, 0.2) is 58.2 Å². The number of halogens is 1. The topological polar surface area (TPSA) is 70.9 Å². The first-order chi connectivity index (χ1) is 10.6. The maximum Gasteiger partial charge on any atom is 0.268 e. The second-order valence-electron chi connectivity index (χ2n) is 4.89. The molecule has 2 aromatic rings. The smallest absolute Gasteiger partial charge is 0.268 e. The summed E-state index contributed by atoms with van der Waals surface area (Å²) in [4.78, 5) is 17.4. The molecule has 1 atom stereocenters. The monoisotopic (exact) mass is 360 g/mol. The van der Waals surface area contributed by atoms with E-state index in [9.17, 15) is 9.90 Å². The van der Waals surface area contributed by atoms with E-state index in [0.29, 0.717) is 12.1 Å². The average Bonchev–Trinajstić information content (AvgIpc) is 2.97. The number of nitrogens with one attached hydrogen (secondary N) is 1. The molecule has 1 amide bonds. The molecule has 0 aliphatic carbocycles. The molecule has 0 spiro atoms. The van der Waals surface area contributed by atoms with Crippen molar-refractivity contribution >= 4 is 33.2 Å². The van der Waals surface area contributed by atoms with Crippen molar-refractivity contribution in [3.05, 3.63) is 58.6 Å². The highest BCUT2D eigenvalue weighted by molar-refractivity contribution is 9.10. The van der Waals surface area contributed by atoms with E-state index < -0.39 is 6.10 Å². The third-order valence-corrected chi connectivity index (χ3v) is 3.73. The average molecular weight is 361 g/mol. The minimum absolute atomic E-state index is 0.0937. The van der Waals surface area contributed by atoms with Crippen molar-refractivity contribution in [1.82, 2.24) is 0 Å². The molecule has 0 unspecified atom stereocenters. The van der Waals surface area contributed by atoms with Gasteiger partial charge in [0.05, 0.1) is 5.71 Å². The van der Waals surface area contributed by atoms with Crippen LogP contribution in [-0.4, -0.2) is 22.8 Å². The molecule has 0 saturated carbocycles. The van der Waals surface area contributed by atoms with Crippen LogP contribution in [-0.2, 0) is 9.63 Å². The predicted octanol–water partition coefficient (Wildman–Crippen LogP) is 3.29. The lowest BCUT2D eigenvalue weighted by molar-refractivity contribution is -0.125. The Morgan fingerprint density at radius 2 is 2.09 bits per heavy atom. The third kappa shape index (κ3) is 3.28. The van der Waals surface area contributed by atoms with Crippen molar-refractivity contribution in [2.24, 2.45) is 5.16 Å². The van der Waals surface area contributed by atoms with E-state index in [2.05, 4.69) is 26.4 Å². The van der Waals surface area contributed by atoms with Crippen molar-refractivity contribution < 1.29 is 14.7 Å². The van der Waals surface area contributed by atoms with Gasteiger partial charge in [-0.15, -0.1) is 0 Å². The molecule has 5 nitrogen and oxygen atoms in total. The van der Waals surface area contributed by atoms with E-state index in [-0.39, 0.29) is 11.7 Å². The molecule has 2 aromatic carbocycles. The molecule has 0 radical (unpaired) electrons. The van der Waals surface area contributed by atoms with Crippen molar-refractivity contribution in [2.45, 2.75) is 12.5 Å². The number of anilines is 1. The Morgan fingerprint density at radius 1 is 1.27 bits per heavy atom. The molecule has 3 rings (SSSR count). The molecule has 1 aliphatic rings. The fourth-order valence-corrected chi connectivity index (χ4v) is 2.56. The summed E-state index contributed by atoms with van der Waals surface area (Å²) in [7, 11) is 0. The number of carbonyl (C=O) groups is 1. The normalized spacial score (nSPS) is 16.8. The lowest BCUT2D eigenvalue weighted by atomic mass is 10.0. The summed E-state index contributed by atoms with van der Waals surface area (Å²) in [5.41, 5.74) is 2.17. The maximum atomic E-state index is 12.2. The molecule has 0 aromatic heterocycles. The van der Waals surface area contributed by atoms with Crippen LogP contribution >= 0.6 is 15.9 Å². The van der Waals surface area contributed by atoms with Crippen LogP contribution < -0.4 is 5.32 Å². The summed E-state index contributed by atoms with van der Waals surface area (Å²) < 4.78 is 0.945. The zero-order chi connectivity index (χ0) is 15.5. The van der Waals surface area contributed by atoms with E-state index in [0.717, 1.165) is 15.7 Å². The van der Waals surface area contributed by atoms with Gasteiger partial charge in [0.25, 0.3) is 5.91 Å². The molecule has 2 N–H and O–H groups in total. The number of aromatic hydroxyl groups is 1. The Bertz CT molecular complexity index is 746. The molecule has 0 fully saturated rings. The number of hydrogen-bond acceptors (Lipinski definition) is 4. The second kappa shape index (κ2) is 6.19. The number of oxime groups is 1. The highest BCUT2D eigenvalue weighted by Crippen LogP contribution is 2.21. The van der Waals surface area contributed by atoms with Crippen LogP contribution in [0.1, 0.15) is 12.0 Å². The number of carbonyl (C=O) groups excluding carboxylic acids is 1. The van der Waals surface area contributed by atoms with Crippen molar-refractivity contribution in [2.75, 3.05) is 5.32 Å². The summed E-state index contributed by atoms with van der Waals surface area (Å²) in [5, 5.41) is 16.1. The first kappa shape index (κ1) is 14.6. The minimum atomic E-state index is -0.670. The van der Waals surface area contributed by atoms with E-state index >= 15 is 0 Å². The fourth-order valence-electron chi connectivity index (χ4n) is 2.16. The highest BCUT2D eigenvalue weighted by Gasteiger charge is 2.29. The zero-order valence-electron chi connectivity index (χ0n) is 11.5. The SMILES string of the molecule is O=C(Nc1cccc(O)c1)[C@H]1CC(c2cccc(Br)c2)=NO1. The number of benzene rings is 2. The lowest BCUT2D eigenvalue weighted by Crippen LogP contribution is -2.28. The summed E-state index contributed by atoms with van der Waals surface area (Å²) in [6.07, 6.45) is -0.266. The molecule has 1 heterocycles. The Hall–Kier alpha value is -2.34. The van der Waals surface area contributed by atoms with Gasteiger partial charge in [0.15, 0.2) is 0 Å². The van der Waals surface area contributed by atoms with E-state index in [4.69, 9.17) is 4.84 Å². The first-order valence-corrected chi connectivity index (χ1v) is 7.49. The van der Waals surface area contributed by atoms with Gasteiger partial charge in [-0.1, -0.05) is 39.3 Å². The molecule has 0 bridgehead atoms. The summed E-state index contributed by atoms with van der Waals surface area (Å²) >= 11 is 3.41. The van der Waals surface area contributed by atoms with Gasteiger partial charge in [0.1, 0.15) is 5.75 Å². The van der Waals surface area contributed by atoms with Crippen LogP contribution in [0.5, 0.6) is 5.75 Å². The lowest BCUT2D eigenvalue weighted by Gasteiger charge is -2.09. The third-order valence-electron chi connectivity index (χ3n) is 3.23. The van der Waals surface area contributed by atoms with E-state index in [1.54, 1.807) is 12.1 Å². The molecule has 0 saturated heterocycles. The van der Waals surface area contributed by atoms with Gasteiger partial charge in [-0.3, -0.25) is 4.79 Å². The largest absolute Gasteiger partial charge is 0.508 e.